The van der Waals surface area contributed by atoms with Gasteiger partial charge in [-0.2, -0.15) is 0 Å². The van der Waals surface area contributed by atoms with E-state index < -0.39 is 0 Å². The van der Waals surface area contributed by atoms with Crippen molar-refractivity contribution in [2.24, 2.45) is 7.05 Å². The maximum Gasteiger partial charge on any atom is 0.273 e. The van der Waals surface area contributed by atoms with Crippen LogP contribution in [0.15, 0.2) is 36.5 Å². The van der Waals surface area contributed by atoms with Crippen LogP contribution in [-0.2, 0) is 31.4 Å². The molecule has 0 unspecified atom stereocenters. The summed E-state index contributed by atoms with van der Waals surface area (Å²) in [4.78, 5) is 34.2. The summed E-state index contributed by atoms with van der Waals surface area (Å²) in [5.74, 6) is 2.00. The Morgan fingerprint density at radius 2 is 1.95 bits per heavy atom. The van der Waals surface area contributed by atoms with Crippen LogP contribution in [0.1, 0.15) is 40.2 Å². The second-order valence-electron chi connectivity index (χ2n) is 9.33. The first-order valence-electron chi connectivity index (χ1n) is 12.8. The Bertz CT molecular complexity index is 1430. The van der Waals surface area contributed by atoms with E-state index in [1.165, 1.54) is 0 Å². The van der Waals surface area contributed by atoms with Gasteiger partial charge < -0.3 is 24.8 Å². The van der Waals surface area contributed by atoms with Gasteiger partial charge in [-0.15, -0.1) is 0 Å². The van der Waals surface area contributed by atoms with Crippen molar-refractivity contribution < 1.29 is 9.53 Å². The topological polar surface area (TPSA) is 110 Å². The molecule has 0 fully saturated rings. The molecule has 4 aromatic rings. The number of nitrogens with zero attached hydrogens (tertiary/aromatic N) is 6. The number of carbonyl (C=O) groups is 1. The Kier molecular flexibility index (Phi) is 8.65. The van der Waals surface area contributed by atoms with Crippen LogP contribution in [-0.4, -0.2) is 69.6 Å². The zero-order chi connectivity index (χ0) is 27.2. The third kappa shape index (κ3) is 5.98. The Morgan fingerprint density at radius 3 is 2.66 bits per heavy atom. The second-order valence-corrected chi connectivity index (χ2v) is 9.33. The molecule has 200 valence electrons. The number of rotatable bonds is 11. The SMILES string of the molecule is CCc1ncc(CN(C)C(=O)c2nc(-c3cc(C)nc(NCCNC)c3)nc3ccc(COC)cc23)n1C. The molecule has 0 atom stereocenters. The van der Waals surface area contributed by atoms with Crippen molar-refractivity contribution in [1.29, 1.82) is 0 Å². The van der Waals surface area contributed by atoms with Gasteiger partial charge in [0.2, 0.25) is 0 Å². The number of likely N-dealkylation sites (N-methyl/N-ethyl adjacent to an activating group) is 1. The van der Waals surface area contributed by atoms with Gasteiger partial charge in [-0.25, -0.2) is 19.9 Å². The number of hydrogen-bond donors (Lipinski definition) is 2. The molecule has 0 aliphatic rings. The molecule has 0 saturated heterocycles. The molecule has 0 aliphatic heterocycles. The van der Waals surface area contributed by atoms with Crippen LogP contribution in [0.3, 0.4) is 0 Å². The number of amides is 1. The average molecular weight is 517 g/mol. The van der Waals surface area contributed by atoms with Crippen LogP contribution in [0.2, 0.25) is 0 Å². The number of ether oxygens (including phenoxy) is 1. The van der Waals surface area contributed by atoms with E-state index in [4.69, 9.17) is 14.7 Å². The first-order chi connectivity index (χ1) is 18.3. The zero-order valence-electron chi connectivity index (χ0n) is 23.0. The van der Waals surface area contributed by atoms with Crippen molar-refractivity contribution in [3.63, 3.8) is 0 Å². The van der Waals surface area contributed by atoms with Gasteiger partial charge in [0, 0.05) is 57.4 Å². The minimum atomic E-state index is -0.189. The Labute approximate surface area is 223 Å². The summed E-state index contributed by atoms with van der Waals surface area (Å²) in [5, 5.41) is 7.13. The lowest BCUT2D eigenvalue weighted by atomic mass is 10.1. The number of aryl methyl sites for hydroxylation is 2. The number of nitrogens with one attached hydrogen (secondary N) is 2. The first-order valence-corrected chi connectivity index (χ1v) is 12.8. The van der Waals surface area contributed by atoms with Crippen molar-refractivity contribution in [2.45, 2.75) is 33.4 Å². The minimum absolute atomic E-state index is 0.189. The Hall–Kier alpha value is -3.89. The predicted octanol–water partition coefficient (Wildman–Crippen LogP) is 3.35. The lowest BCUT2D eigenvalue weighted by molar-refractivity contribution is 0.0778. The molecule has 2 N–H and O–H groups in total. The van der Waals surface area contributed by atoms with Crippen LogP contribution in [0.25, 0.3) is 22.3 Å². The van der Waals surface area contributed by atoms with Crippen molar-refractivity contribution in [3.05, 3.63) is 65.0 Å². The third-order valence-corrected chi connectivity index (χ3v) is 6.41. The molecule has 10 nitrogen and oxygen atoms in total. The highest BCUT2D eigenvalue weighted by molar-refractivity contribution is 6.05. The monoisotopic (exact) mass is 516 g/mol. The van der Waals surface area contributed by atoms with Crippen molar-refractivity contribution in [3.8, 4) is 11.4 Å². The van der Waals surface area contributed by atoms with Crippen molar-refractivity contribution >= 4 is 22.6 Å². The number of fused-ring (bicyclic) bond motifs is 1. The van der Waals surface area contributed by atoms with E-state index in [-0.39, 0.29) is 5.91 Å². The van der Waals surface area contributed by atoms with E-state index in [0.717, 1.165) is 53.7 Å². The summed E-state index contributed by atoms with van der Waals surface area (Å²) in [6.07, 6.45) is 2.65. The minimum Gasteiger partial charge on any atom is -0.380 e. The van der Waals surface area contributed by atoms with Gasteiger partial charge in [-0.05, 0) is 43.8 Å². The molecule has 3 heterocycles. The second kappa shape index (κ2) is 12.1. The molecule has 0 radical (unpaired) electrons. The van der Waals surface area contributed by atoms with Crippen LogP contribution in [0.5, 0.6) is 0 Å². The fourth-order valence-electron chi connectivity index (χ4n) is 4.39. The van der Waals surface area contributed by atoms with E-state index in [0.29, 0.717) is 35.6 Å². The first kappa shape index (κ1) is 27.2. The summed E-state index contributed by atoms with van der Waals surface area (Å²) in [7, 11) is 7.32. The van der Waals surface area contributed by atoms with Crippen LogP contribution < -0.4 is 10.6 Å². The van der Waals surface area contributed by atoms with Crippen LogP contribution in [0.4, 0.5) is 5.82 Å². The highest BCUT2D eigenvalue weighted by Crippen LogP contribution is 2.26. The molecule has 4 rings (SSSR count). The molecule has 0 saturated carbocycles. The maximum atomic E-state index is 13.9. The molecule has 10 heteroatoms. The average Bonchev–Trinajstić information content (AvgIpc) is 3.26. The predicted molar refractivity (Wildman–Crippen MR) is 149 cm³/mol. The number of pyridine rings is 1. The number of benzene rings is 1. The van der Waals surface area contributed by atoms with Gasteiger partial charge >= 0.3 is 0 Å². The van der Waals surface area contributed by atoms with E-state index in [2.05, 4.69) is 27.5 Å². The van der Waals surface area contributed by atoms with Crippen LogP contribution >= 0.6 is 0 Å². The number of aromatic nitrogens is 5. The molecular weight excluding hydrogens is 480 g/mol. The summed E-state index contributed by atoms with van der Waals surface area (Å²) in [6.45, 7) is 6.38. The van der Waals surface area contributed by atoms with Crippen molar-refractivity contribution in [2.75, 3.05) is 39.6 Å². The normalized spacial score (nSPS) is 11.2. The van der Waals surface area contributed by atoms with Gasteiger partial charge in [0.15, 0.2) is 5.82 Å². The highest BCUT2D eigenvalue weighted by atomic mass is 16.5. The van der Waals surface area contributed by atoms with Gasteiger partial charge in [0.1, 0.15) is 17.3 Å². The number of hydrogen-bond acceptors (Lipinski definition) is 8. The fourth-order valence-corrected chi connectivity index (χ4v) is 4.39. The summed E-state index contributed by atoms with van der Waals surface area (Å²) < 4.78 is 7.36. The molecule has 3 aromatic heterocycles. The number of carbonyl (C=O) groups excluding carboxylic acids is 1. The molecule has 1 aromatic carbocycles. The Morgan fingerprint density at radius 1 is 1.13 bits per heavy atom. The number of anilines is 1. The molecule has 0 aliphatic carbocycles. The maximum absolute atomic E-state index is 13.9. The summed E-state index contributed by atoms with van der Waals surface area (Å²) >= 11 is 0. The highest BCUT2D eigenvalue weighted by Gasteiger charge is 2.21. The van der Waals surface area contributed by atoms with Gasteiger partial charge in [-0.3, -0.25) is 4.79 Å². The Balaban J connectivity index is 1.77. The molecule has 0 spiro atoms. The molecule has 1 amide bonds. The van der Waals surface area contributed by atoms with E-state index in [1.807, 2.05) is 62.1 Å². The summed E-state index contributed by atoms with van der Waals surface area (Å²) in [5.41, 5.74) is 4.58. The smallest absolute Gasteiger partial charge is 0.273 e. The molecule has 0 bridgehead atoms. The molecular formula is C28H36N8O2. The summed E-state index contributed by atoms with van der Waals surface area (Å²) in [6, 6.07) is 9.67. The largest absolute Gasteiger partial charge is 0.380 e. The fraction of sp³-hybridized carbons (Fsp3) is 0.393. The molecule has 38 heavy (non-hydrogen) atoms. The lowest BCUT2D eigenvalue weighted by Crippen LogP contribution is -2.28. The standard InChI is InChI=1S/C28H36N8O2/c1-7-25-31-15-21(36(25)5)16-35(4)28(37)26-22-13-19(17-38-6)8-9-23(22)33-27(34-26)20-12-18(2)32-24(14-20)30-11-10-29-3/h8-9,12-15,29H,7,10-11,16-17H2,1-6H3,(H,30,32). The third-order valence-electron chi connectivity index (χ3n) is 6.41. The van der Waals surface area contributed by atoms with Crippen molar-refractivity contribution in [1.82, 2.24) is 34.7 Å². The van der Waals surface area contributed by atoms with Gasteiger partial charge in [-0.1, -0.05) is 13.0 Å². The van der Waals surface area contributed by atoms with Gasteiger partial charge in [0.05, 0.1) is 30.6 Å². The van der Waals surface area contributed by atoms with E-state index in [1.54, 1.807) is 19.1 Å². The van der Waals surface area contributed by atoms with Crippen LogP contribution in [0, 0.1) is 6.92 Å². The van der Waals surface area contributed by atoms with E-state index in [9.17, 15) is 4.79 Å². The number of imidazole rings is 1. The van der Waals surface area contributed by atoms with Gasteiger partial charge in [0.25, 0.3) is 5.91 Å². The zero-order valence-corrected chi connectivity index (χ0v) is 23.0. The quantitative estimate of drug-likeness (QED) is 0.292. The lowest BCUT2D eigenvalue weighted by Gasteiger charge is -2.19. The number of methoxy groups -OCH3 is 1. The van der Waals surface area contributed by atoms with E-state index >= 15 is 0 Å².